The van der Waals surface area contributed by atoms with Crippen molar-refractivity contribution in [1.82, 2.24) is 5.43 Å². The molecule has 4 nitrogen and oxygen atoms in total. The Balaban J connectivity index is 1.61. The molecule has 28 heavy (non-hydrogen) atoms. The number of nitrogens with one attached hydrogen (secondary N) is 1. The summed E-state index contributed by atoms with van der Waals surface area (Å²) in [5, 5.41) is 4.01. The van der Waals surface area contributed by atoms with Crippen molar-refractivity contribution in [3.63, 3.8) is 0 Å². The van der Waals surface area contributed by atoms with Crippen molar-refractivity contribution >= 4 is 28.1 Å². The molecule has 142 valence electrons. The number of hydrazone groups is 1. The highest BCUT2D eigenvalue weighted by Gasteiger charge is 2.05. The molecule has 0 aliphatic rings. The summed E-state index contributed by atoms with van der Waals surface area (Å²) in [5.74, 6) is 0.0352. The largest absolute Gasteiger partial charge is 0.488 e. The molecule has 3 aromatic rings. The van der Waals surface area contributed by atoms with Gasteiger partial charge in [-0.2, -0.15) is 5.10 Å². The second kappa shape index (κ2) is 9.80. The third-order valence-electron chi connectivity index (χ3n) is 3.88. The minimum absolute atomic E-state index is 0.119. The molecule has 0 saturated heterocycles. The molecule has 0 heterocycles. The van der Waals surface area contributed by atoms with Gasteiger partial charge in [-0.15, -0.1) is 0 Å². The lowest BCUT2D eigenvalue weighted by molar-refractivity contribution is -0.120. The number of nitrogens with zero attached hydrogens (tertiary/aromatic N) is 1. The van der Waals surface area contributed by atoms with E-state index in [1.165, 1.54) is 18.3 Å². The number of carbonyl (C=O) groups excluding carboxylic acids is 1. The van der Waals surface area contributed by atoms with Crippen molar-refractivity contribution in [3.8, 4) is 5.75 Å². The molecular formula is C22H18BrFN2O2. The molecule has 1 amide bonds. The predicted octanol–water partition coefficient (Wildman–Crippen LogP) is 4.86. The molecule has 0 atom stereocenters. The van der Waals surface area contributed by atoms with Gasteiger partial charge in [0.25, 0.3) is 0 Å². The number of carbonyl (C=O) groups is 1. The molecule has 0 saturated carbocycles. The van der Waals surface area contributed by atoms with Crippen molar-refractivity contribution in [2.45, 2.75) is 13.0 Å². The fourth-order valence-electron chi connectivity index (χ4n) is 2.49. The van der Waals surface area contributed by atoms with Crippen LogP contribution in [0.5, 0.6) is 5.75 Å². The van der Waals surface area contributed by atoms with E-state index in [9.17, 15) is 9.18 Å². The topological polar surface area (TPSA) is 50.7 Å². The van der Waals surface area contributed by atoms with Crippen LogP contribution < -0.4 is 10.2 Å². The summed E-state index contributed by atoms with van der Waals surface area (Å²) in [7, 11) is 0. The smallest absolute Gasteiger partial charge is 0.244 e. The van der Waals surface area contributed by atoms with Crippen LogP contribution in [0.15, 0.2) is 82.4 Å². The number of halogens is 2. The van der Waals surface area contributed by atoms with Gasteiger partial charge in [-0.1, -0.05) is 58.4 Å². The van der Waals surface area contributed by atoms with Crippen LogP contribution in [0.25, 0.3) is 0 Å². The van der Waals surface area contributed by atoms with Gasteiger partial charge in [0.05, 0.1) is 12.6 Å². The molecule has 0 aliphatic heterocycles. The van der Waals surface area contributed by atoms with Crippen LogP contribution in [0.2, 0.25) is 0 Å². The van der Waals surface area contributed by atoms with E-state index in [1.54, 1.807) is 12.1 Å². The molecule has 0 radical (unpaired) electrons. The molecule has 6 heteroatoms. The number of ether oxygens (including phenoxy) is 1. The summed E-state index contributed by atoms with van der Waals surface area (Å²) < 4.78 is 19.7. The molecular weight excluding hydrogens is 423 g/mol. The van der Waals surface area contributed by atoms with E-state index in [2.05, 4.69) is 26.5 Å². The maximum absolute atomic E-state index is 12.9. The van der Waals surface area contributed by atoms with Gasteiger partial charge in [0.2, 0.25) is 5.91 Å². The average Bonchev–Trinajstić information content (AvgIpc) is 2.70. The van der Waals surface area contributed by atoms with E-state index in [0.717, 1.165) is 15.6 Å². The van der Waals surface area contributed by atoms with Crippen LogP contribution in [0.4, 0.5) is 4.39 Å². The quantitative estimate of drug-likeness (QED) is 0.421. The monoisotopic (exact) mass is 440 g/mol. The standard InChI is InChI=1S/C22H18BrFN2O2/c23-19-8-11-21(28-15-17-4-2-1-3-5-17)18(13-19)14-25-26-22(27)12-16-6-9-20(24)10-7-16/h1-11,13-14H,12,15H2,(H,26,27)/b25-14+. The molecule has 0 aliphatic carbocycles. The van der Waals surface area contributed by atoms with Gasteiger partial charge in [0, 0.05) is 10.0 Å². The second-order valence-corrected chi connectivity index (χ2v) is 6.97. The maximum Gasteiger partial charge on any atom is 0.244 e. The fraction of sp³-hybridized carbons (Fsp3) is 0.0909. The molecule has 3 rings (SSSR count). The van der Waals surface area contributed by atoms with Gasteiger partial charge in [0.1, 0.15) is 18.2 Å². The minimum atomic E-state index is -0.333. The average molecular weight is 441 g/mol. The molecule has 0 bridgehead atoms. The van der Waals surface area contributed by atoms with Crippen molar-refractivity contribution < 1.29 is 13.9 Å². The maximum atomic E-state index is 12.9. The Bertz CT molecular complexity index is 960. The van der Waals surface area contributed by atoms with Crippen LogP contribution in [-0.2, 0) is 17.8 Å². The Morgan fingerprint density at radius 1 is 1.04 bits per heavy atom. The van der Waals surface area contributed by atoms with E-state index in [0.29, 0.717) is 17.9 Å². The van der Waals surface area contributed by atoms with Crippen molar-refractivity contribution in [1.29, 1.82) is 0 Å². The molecule has 0 spiro atoms. The first-order valence-corrected chi connectivity index (χ1v) is 9.42. The Labute approximate surface area is 171 Å². The van der Waals surface area contributed by atoms with Crippen LogP contribution in [0.3, 0.4) is 0 Å². The van der Waals surface area contributed by atoms with E-state index in [1.807, 2.05) is 48.5 Å². The van der Waals surface area contributed by atoms with Crippen LogP contribution in [-0.4, -0.2) is 12.1 Å². The van der Waals surface area contributed by atoms with Gasteiger partial charge in [0.15, 0.2) is 0 Å². The van der Waals surface area contributed by atoms with Crippen molar-refractivity contribution in [3.05, 3.63) is 99.8 Å². The highest BCUT2D eigenvalue weighted by molar-refractivity contribution is 9.10. The number of hydrogen-bond donors (Lipinski definition) is 1. The van der Waals surface area contributed by atoms with Crippen molar-refractivity contribution in [2.24, 2.45) is 5.10 Å². The lowest BCUT2D eigenvalue weighted by atomic mass is 10.1. The summed E-state index contributed by atoms with van der Waals surface area (Å²) in [4.78, 5) is 12.0. The van der Waals surface area contributed by atoms with Gasteiger partial charge in [-0.25, -0.2) is 9.82 Å². The van der Waals surface area contributed by atoms with Gasteiger partial charge >= 0.3 is 0 Å². The van der Waals surface area contributed by atoms with Crippen LogP contribution >= 0.6 is 15.9 Å². The predicted molar refractivity (Wildman–Crippen MR) is 111 cm³/mol. The van der Waals surface area contributed by atoms with E-state index >= 15 is 0 Å². The zero-order valence-corrected chi connectivity index (χ0v) is 16.5. The Morgan fingerprint density at radius 3 is 2.54 bits per heavy atom. The first kappa shape index (κ1) is 19.8. The van der Waals surface area contributed by atoms with E-state index in [-0.39, 0.29) is 18.1 Å². The summed E-state index contributed by atoms with van der Waals surface area (Å²) in [5.41, 5.74) is 4.98. The second-order valence-electron chi connectivity index (χ2n) is 6.05. The SMILES string of the molecule is O=C(Cc1ccc(F)cc1)N/N=C/c1cc(Br)ccc1OCc1ccccc1. The summed E-state index contributed by atoms with van der Waals surface area (Å²) in [6.45, 7) is 0.431. The Kier molecular flexibility index (Phi) is 6.92. The lowest BCUT2D eigenvalue weighted by Crippen LogP contribution is -2.19. The lowest BCUT2D eigenvalue weighted by Gasteiger charge is -2.09. The van der Waals surface area contributed by atoms with Gasteiger partial charge in [-0.3, -0.25) is 4.79 Å². The Hall–Kier alpha value is -2.99. The molecule has 3 aromatic carbocycles. The first-order valence-electron chi connectivity index (χ1n) is 8.63. The normalized spacial score (nSPS) is 10.8. The summed E-state index contributed by atoms with van der Waals surface area (Å²) >= 11 is 3.43. The molecule has 0 aromatic heterocycles. The zero-order chi connectivity index (χ0) is 19.8. The molecule has 0 unspecified atom stereocenters. The number of hydrogen-bond acceptors (Lipinski definition) is 3. The fourth-order valence-corrected chi connectivity index (χ4v) is 2.87. The minimum Gasteiger partial charge on any atom is -0.488 e. The van der Waals surface area contributed by atoms with Gasteiger partial charge < -0.3 is 4.74 Å². The third-order valence-corrected chi connectivity index (χ3v) is 4.37. The van der Waals surface area contributed by atoms with Crippen LogP contribution in [0, 0.1) is 5.82 Å². The molecule has 1 N–H and O–H groups in total. The van der Waals surface area contributed by atoms with E-state index < -0.39 is 0 Å². The zero-order valence-electron chi connectivity index (χ0n) is 14.9. The highest BCUT2D eigenvalue weighted by atomic mass is 79.9. The molecule has 0 fully saturated rings. The summed E-state index contributed by atoms with van der Waals surface area (Å²) in [6, 6.07) is 21.2. The number of amides is 1. The summed E-state index contributed by atoms with van der Waals surface area (Å²) in [6.07, 6.45) is 1.65. The highest BCUT2D eigenvalue weighted by Crippen LogP contribution is 2.22. The third kappa shape index (κ3) is 6.03. The number of benzene rings is 3. The first-order chi connectivity index (χ1) is 13.6. The Morgan fingerprint density at radius 2 is 1.79 bits per heavy atom. The van der Waals surface area contributed by atoms with E-state index in [4.69, 9.17) is 4.74 Å². The number of rotatable bonds is 7. The van der Waals surface area contributed by atoms with Gasteiger partial charge in [-0.05, 0) is 41.5 Å². The van der Waals surface area contributed by atoms with Crippen molar-refractivity contribution in [2.75, 3.05) is 0 Å². The van der Waals surface area contributed by atoms with Crippen LogP contribution in [0.1, 0.15) is 16.7 Å².